The molecule has 2 rings (SSSR count). The fourth-order valence-electron chi connectivity index (χ4n) is 2.00. The van der Waals surface area contributed by atoms with E-state index < -0.39 is 38.2 Å². The second kappa shape index (κ2) is 7.16. The molecule has 0 aliphatic heterocycles. The molecule has 0 atom stereocenters. The van der Waals surface area contributed by atoms with Crippen LogP contribution in [0.1, 0.15) is 12.5 Å². The van der Waals surface area contributed by atoms with Crippen LogP contribution in [-0.4, -0.2) is 20.6 Å². The van der Waals surface area contributed by atoms with Crippen molar-refractivity contribution in [3.8, 4) is 17.2 Å². The Morgan fingerprint density at radius 2 is 1.69 bits per heavy atom. The molecule has 10 heteroatoms. The lowest BCUT2D eigenvalue weighted by molar-refractivity contribution is -0.138. The first-order valence-corrected chi connectivity index (χ1v) is 9.21. The highest BCUT2D eigenvalue weighted by atomic mass is 35.5. The molecule has 2 aromatic carbocycles. The van der Waals surface area contributed by atoms with Gasteiger partial charge in [-0.15, -0.1) is 0 Å². The van der Waals surface area contributed by atoms with E-state index in [0.29, 0.717) is 6.07 Å². The summed E-state index contributed by atoms with van der Waals surface area (Å²) in [4.78, 5) is 10.5. The van der Waals surface area contributed by atoms with Crippen molar-refractivity contribution in [3.05, 3.63) is 47.0 Å². The fraction of sp³-hybridized carbons (Fsp3) is 0.188. The molecule has 140 valence electrons. The Morgan fingerprint density at radius 1 is 1.08 bits per heavy atom. The largest absolute Gasteiger partial charge is 0.457 e. The maximum absolute atomic E-state index is 13.3. The van der Waals surface area contributed by atoms with E-state index in [4.69, 9.17) is 21.1 Å². The summed E-state index contributed by atoms with van der Waals surface area (Å²) < 4.78 is 72.9. The van der Waals surface area contributed by atoms with Crippen molar-refractivity contribution >= 4 is 27.4 Å². The highest BCUT2D eigenvalue weighted by Gasteiger charge is 2.35. The molecule has 0 saturated carbocycles. The van der Waals surface area contributed by atoms with E-state index in [1.165, 1.54) is 18.2 Å². The van der Waals surface area contributed by atoms with Crippen molar-refractivity contribution in [1.29, 1.82) is 0 Å². The van der Waals surface area contributed by atoms with Crippen LogP contribution in [0.5, 0.6) is 17.2 Å². The number of esters is 1. The van der Waals surface area contributed by atoms with Crippen molar-refractivity contribution in [2.24, 2.45) is 0 Å². The molecular weight excluding hydrogens is 397 g/mol. The Morgan fingerprint density at radius 3 is 2.23 bits per heavy atom. The highest BCUT2D eigenvalue weighted by molar-refractivity contribution is 7.90. The molecule has 0 N–H and O–H groups in total. The second-order valence-electron chi connectivity index (χ2n) is 5.25. The number of carbonyl (C=O) groups excluding carboxylic acids is 1. The van der Waals surface area contributed by atoms with E-state index in [0.717, 1.165) is 25.3 Å². The molecule has 0 amide bonds. The molecule has 0 saturated heterocycles. The van der Waals surface area contributed by atoms with Gasteiger partial charge in [-0.05, 0) is 30.3 Å². The number of benzene rings is 2. The summed E-state index contributed by atoms with van der Waals surface area (Å²) >= 11 is 5.84. The van der Waals surface area contributed by atoms with Crippen molar-refractivity contribution in [2.75, 3.05) is 6.26 Å². The minimum Gasteiger partial charge on any atom is -0.457 e. The zero-order valence-electron chi connectivity index (χ0n) is 13.4. The fourth-order valence-corrected chi connectivity index (χ4v) is 2.86. The molecule has 2 aromatic rings. The molecule has 0 heterocycles. The van der Waals surface area contributed by atoms with Gasteiger partial charge in [0.1, 0.15) is 17.2 Å². The zero-order chi connectivity index (χ0) is 19.7. The van der Waals surface area contributed by atoms with E-state index in [1.54, 1.807) is 0 Å². The van der Waals surface area contributed by atoms with Gasteiger partial charge in [0.2, 0.25) is 0 Å². The van der Waals surface area contributed by atoms with Crippen LogP contribution in [0.2, 0.25) is 5.02 Å². The second-order valence-corrected chi connectivity index (χ2v) is 7.70. The molecule has 0 aliphatic rings. The lowest BCUT2D eigenvalue weighted by Gasteiger charge is -2.15. The van der Waals surface area contributed by atoms with Crippen LogP contribution in [0.3, 0.4) is 0 Å². The van der Waals surface area contributed by atoms with Crippen LogP contribution in [0.25, 0.3) is 0 Å². The van der Waals surface area contributed by atoms with Gasteiger partial charge in [-0.25, -0.2) is 8.42 Å². The Labute approximate surface area is 152 Å². The lowest BCUT2D eigenvalue weighted by atomic mass is 10.2. The normalized spacial score (nSPS) is 11.9. The van der Waals surface area contributed by atoms with Gasteiger partial charge in [0.25, 0.3) is 0 Å². The smallest absolute Gasteiger partial charge is 0.420 e. The number of carbonyl (C=O) groups is 1. The lowest BCUT2D eigenvalue weighted by Crippen LogP contribution is -2.09. The van der Waals surface area contributed by atoms with Crippen LogP contribution in [0, 0.1) is 0 Å². The van der Waals surface area contributed by atoms with Crippen LogP contribution in [0.15, 0.2) is 41.3 Å². The van der Waals surface area contributed by atoms with E-state index in [2.05, 4.69) is 0 Å². The summed E-state index contributed by atoms with van der Waals surface area (Å²) in [6, 6.07) is 6.07. The van der Waals surface area contributed by atoms with Gasteiger partial charge in [0.15, 0.2) is 9.84 Å². The Balaban J connectivity index is 2.49. The molecule has 0 radical (unpaired) electrons. The Bertz CT molecular complexity index is 955. The number of ether oxygens (including phenoxy) is 2. The number of rotatable bonds is 4. The minimum atomic E-state index is -4.85. The molecule has 0 fully saturated rings. The highest BCUT2D eigenvalue weighted by Crippen LogP contribution is 2.40. The third-order valence-electron chi connectivity index (χ3n) is 3.02. The third kappa shape index (κ3) is 5.12. The van der Waals surface area contributed by atoms with Gasteiger partial charge in [-0.3, -0.25) is 4.79 Å². The number of hydrogen-bond donors (Lipinski definition) is 0. The van der Waals surface area contributed by atoms with Crippen LogP contribution >= 0.6 is 11.6 Å². The number of sulfone groups is 1. The average Bonchev–Trinajstić information content (AvgIpc) is 2.43. The molecule has 0 spiro atoms. The summed E-state index contributed by atoms with van der Waals surface area (Å²) in [6.45, 7) is 1.15. The third-order valence-corrected chi connectivity index (χ3v) is 4.35. The van der Waals surface area contributed by atoms with Gasteiger partial charge in [0.05, 0.1) is 10.5 Å². The quantitative estimate of drug-likeness (QED) is 0.551. The maximum Gasteiger partial charge on any atom is 0.420 e. The van der Waals surface area contributed by atoms with Crippen LogP contribution < -0.4 is 9.47 Å². The predicted molar refractivity (Wildman–Crippen MR) is 87.4 cm³/mol. The number of hydrogen-bond acceptors (Lipinski definition) is 5. The van der Waals surface area contributed by atoms with E-state index in [9.17, 15) is 26.4 Å². The van der Waals surface area contributed by atoms with Gasteiger partial charge in [0, 0.05) is 24.3 Å². The van der Waals surface area contributed by atoms with E-state index >= 15 is 0 Å². The monoisotopic (exact) mass is 408 g/mol. The summed E-state index contributed by atoms with van der Waals surface area (Å²) in [6.07, 6.45) is -4.06. The molecule has 0 aliphatic carbocycles. The van der Waals surface area contributed by atoms with Crippen molar-refractivity contribution < 1.29 is 35.9 Å². The minimum absolute atomic E-state index is 0.0127. The maximum atomic E-state index is 13.3. The summed E-state index contributed by atoms with van der Waals surface area (Å²) in [5.74, 6) is -1.40. The Hall–Kier alpha value is -2.26. The molecule has 0 aromatic heterocycles. The molecule has 5 nitrogen and oxygen atoms in total. The molecular formula is C16H12ClF3O5S. The Kier molecular flexibility index (Phi) is 5.52. The number of alkyl halides is 3. The van der Waals surface area contributed by atoms with E-state index in [1.807, 2.05) is 0 Å². The molecule has 26 heavy (non-hydrogen) atoms. The van der Waals surface area contributed by atoms with Gasteiger partial charge in [-0.1, -0.05) is 11.6 Å². The first-order valence-electron chi connectivity index (χ1n) is 6.94. The van der Waals surface area contributed by atoms with Crippen molar-refractivity contribution in [1.82, 2.24) is 0 Å². The SMILES string of the molecule is CC(=O)Oc1cc(Cl)cc(Oc2ccc(S(C)(=O)=O)cc2C(F)(F)F)c1. The predicted octanol–water partition coefficient (Wildman–Crippen LogP) is 4.48. The average molecular weight is 409 g/mol. The summed E-state index contributed by atoms with van der Waals surface area (Å²) in [7, 11) is -3.84. The molecule has 0 bridgehead atoms. The van der Waals surface area contributed by atoms with Crippen LogP contribution in [0.4, 0.5) is 13.2 Å². The van der Waals surface area contributed by atoms with E-state index in [-0.39, 0.29) is 16.5 Å². The summed E-state index contributed by atoms with van der Waals surface area (Å²) in [5, 5.41) is 0.0695. The summed E-state index contributed by atoms with van der Waals surface area (Å²) in [5.41, 5.74) is -1.27. The van der Waals surface area contributed by atoms with Gasteiger partial charge >= 0.3 is 12.1 Å². The van der Waals surface area contributed by atoms with Gasteiger partial charge < -0.3 is 9.47 Å². The van der Waals surface area contributed by atoms with Crippen molar-refractivity contribution in [3.63, 3.8) is 0 Å². The first kappa shape index (κ1) is 20.1. The van der Waals surface area contributed by atoms with Crippen LogP contribution in [-0.2, 0) is 20.8 Å². The topological polar surface area (TPSA) is 69.7 Å². The molecule has 0 unspecified atom stereocenters. The van der Waals surface area contributed by atoms with Gasteiger partial charge in [-0.2, -0.15) is 13.2 Å². The first-order chi connectivity index (χ1) is 11.9. The number of halogens is 4. The zero-order valence-corrected chi connectivity index (χ0v) is 15.0. The standard InChI is InChI=1S/C16H12ClF3O5S/c1-9(21)24-11-5-10(17)6-12(7-11)25-15-4-3-13(26(2,22)23)8-14(15)16(18,19)20/h3-8H,1-2H3. The van der Waals surface area contributed by atoms with Crippen molar-refractivity contribution in [2.45, 2.75) is 18.0 Å².